The minimum atomic E-state index is -0.284. The number of para-hydroxylation sites is 1. The van der Waals surface area contributed by atoms with Gasteiger partial charge in [0.05, 0.1) is 24.7 Å². The highest BCUT2D eigenvalue weighted by Crippen LogP contribution is 2.26. The molecule has 0 aliphatic rings. The summed E-state index contributed by atoms with van der Waals surface area (Å²) in [6.07, 6.45) is 0.167. The largest absolute Gasteiger partial charge is 0.466 e. The lowest BCUT2D eigenvalue weighted by atomic mass is 10.1. The first kappa shape index (κ1) is 14.6. The normalized spacial score (nSPS) is 9.71. The molecule has 0 heterocycles. The van der Waals surface area contributed by atoms with E-state index in [9.17, 15) is 4.79 Å². The summed E-state index contributed by atoms with van der Waals surface area (Å²) in [7, 11) is 0. The molecular formula is C17H15NO3. The maximum atomic E-state index is 11.6. The molecule has 0 unspecified atom stereocenters. The third-order valence-corrected chi connectivity index (χ3v) is 2.82. The van der Waals surface area contributed by atoms with E-state index in [1.165, 1.54) is 0 Å². The number of benzene rings is 2. The zero-order valence-corrected chi connectivity index (χ0v) is 11.7. The van der Waals surface area contributed by atoms with Crippen LogP contribution < -0.4 is 4.74 Å². The summed E-state index contributed by atoms with van der Waals surface area (Å²) in [4.78, 5) is 11.6. The monoisotopic (exact) mass is 281 g/mol. The van der Waals surface area contributed by atoms with Gasteiger partial charge in [-0.2, -0.15) is 5.26 Å². The van der Waals surface area contributed by atoms with Crippen molar-refractivity contribution in [3.8, 4) is 17.6 Å². The fourth-order valence-corrected chi connectivity index (χ4v) is 1.84. The molecule has 2 rings (SSSR count). The molecule has 0 saturated carbocycles. The second kappa shape index (κ2) is 7.11. The number of ether oxygens (including phenoxy) is 2. The van der Waals surface area contributed by atoms with E-state index in [1.807, 2.05) is 18.2 Å². The van der Waals surface area contributed by atoms with Crippen LogP contribution in [0.2, 0.25) is 0 Å². The molecule has 4 nitrogen and oxygen atoms in total. The lowest BCUT2D eigenvalue weighted by Gasteiger charge is -2.10. The Bertz CT molecular complexity index is 656. The maximum Gasteiger partial charge on any atom is 0.310 e. The van der Waals surface area contributed by atoms with Gasteiger partial charge in [-0.05, 0) is 37.3 Å². The number of hydrogen-bond donors (Lipinski definition) is 0. The van der Waals surface area contributed by atoms with E-state index in [1.54, 1.807) is 37.3 Å². The first-order valence-corrected chi connectivity index (χ1v) is 6.64. The van der Waals surface area contributed by atoms with Crippen LogP contribution >= 0.6 is 0 Å². The number of nitriles is 1. The van der Waals surface area contributed by atoms with Crippen LogP contribution in [0.5, 0.6) is 11.5 Å². The quantitative estimate of drug-likeness (QED) is 0.787. The molecule has 2 aromatic carbocycles. The average molecular weight is 281 g/mol. The average Bonchev–Trinajstić information content (AvgIpc) is 2.50. The van der Waals surface area contributed by atoms with Gasteiger partial charge < -0.3 is 9.47 Å². The van der Waals surface area contributed by atoms with Crippen molar-refractivity contribution in [2.75, 3.05) is 6.61 Å². The molecule has 0 atom stereocenters. The number of rotatable bonds is 5. The van der Waals surface area contributed by atoms with Gasteiger partial charge in [0.25, 0.3) is 0 Å². The third-order valence-electron chi connectivity index (χ3n) is 2.82. The van der Waals surface area contributed by atoms with Crippen molar-refractivity contribution in [2.24, 2.45) is 0 Å². The van der Waals surface area contributed by atoms with Crippen molar-refractivity contribution in [1.29, 1.82) is 5.26 Å². The van der Waals surface area contributed by atoms with Crippen molar-refractivity contribution in [3.63, 3.8) is 0 Å². The van der Waals surface area contributed by atoms with E-state index in [0.717, 1.165) is 5.56 Å². The lowest BCUT2D eigenvalue weighted by Crippen LogP contribution is -2.08. The second-order valence-corrected chi connectivity index (χ2v) is 4.33. The molecule has 0 saturated heterocycles. The van der Waals surface area contributed by atoms with Crippen LogP contribution in [0, 0.1) is 11.3 Å². The number of esters is 1. The molecule has 0 N–H and O–H groups in total. The van der Waals surface area contributed by atoms with Crippen molar-refractivity contribution in [2.45, 2.75) is 13.3 Å². The van der Waals surface area contributed by atoms with E-state index >= 15 is 0 Å². The summed E-state index contributed by atoms with van der Waals surface area (Å²) >= 11 is 0. The number of carbonyl (C=O) groups excluding carboxylic acids is 1. The summed E-state index contributed by atoms with van der Waals surface area (Å²) in [6.45, 7) is 2.13. The Morgan fingerprint density at radius 3 is 2.52 bits per heavy atom. The Hall–Kier alpha value is -2.80. The molecule has 0 fully saturated rings. The van der Waals surface area contributed by atoms with Gasteiger partial charge in [0.15, 0.2) is 0 Å². The summed E-state index contributed by atoms with van der Waals surface area (Å²) in [6, 6.07) is 16.2. The maximum absolute atomic E-state index is 11.6. The summed E-state index contributed by atoms with van der Waals surface area (Å²) < 4.78 is 10.7. The molecule has 0 aromatic heterocycles. The Labute approximate surface area is 123 Å². The summed E-state index contributed by atoms with van der Waals surface area (Å²) in [5, 5.41) is 8.77. The Morgan fingerprint density at radius 1 is 1.14 bits per heavy atom. The SMILES string of the molecule is CCOC(=O)Cc1ccccc1Oc1ccc(C#N)cc1. The topological polar surface area (TPSA) is 59.3 Å². The fourth-order valence-electron chi connectivity index (χ4n) is 1.84. The standard InChI is InChI=1S/C17H15NO3/c1-2-20-17(19)11-14-5-3-4-6-16(14)21-15-9-7-13(12-18)8-10-15/h3-10H,2,11H2,1H3. The van der Waals surface area contributed by atoms with Gasteiger partial charge in [0, 0.05) is 5.56 Å². The molecule has 2 aromatic rings. The van der Waals surface area contributed by atoms with Crippen LogP contribution in [0.15, 0.2) is 48.5 Å². The molecular weight excluding hydrogens is 266 g/mol. The van der Waals surface area contributed by atoms with Crippen LogP contribution in [0.3, 0.4) is 0 Å². The Balaban J connectivity index is 2.15. The van der Waals surface area contributed by atoms with Crippen LogP contribution in [0.25, 0.3) is 0 Å². The molecule has 4 heteroatoms. The van der Waals surface area contributed by atoms with E-state index < -0.39 is 0 Å². The zero-order chi connectivity index (χ0) is 15.1. The van der Waals surface area contributed by atoms with Gasteiger partial charge in [-0.3, -0.25) is 4.79 Å². The van der Waals surface area contributed by atoms with E-state index in [-0.39, 0.29) is 12.4 Å². The van der Waals surface area contributed by atoms with E-state index in [2.05, 4.69) is 6.07 Å². The fraction of sp³-hybridized carbons (Fsp3) is 0.176. The summed E-state index contributed by atoms with van der Waals surface area (Å²) in [5.41, 5.74) is 1.34. The van der Waals surface area contributed by atoms with Gasteiger partial charge in [-0.25, -0.2) is 0 Å². The molecule has 21 heavy (non-hydrogen) atoms. The van der Waals surface area contributed by atoms with Gasteiger partial charge in [0.2, 0.25) is 0 Å². The molecule has 0 radical (unpaired) electrons. The highest BCUT2D eigenvalue weighted by molar-refractivity contribution is 5.73. The van der Waals surface area contributed by atoms with Gasteiger partial charge in [-0.1, -0.05) is 18.2 Å². The second-order valence-electron chi connectivity index (χ2n) is 4.33. The van der Waals surface area contributed by atoms with Crippen LogP contribution in [-0.4, -0.2) is 12.6 Å². The van der Waals surface area contributed by atoms with Gasteiger partial charge >= 0.3 is 5.97 Å². The smallest absolute Gasteiger partial charge is 0.310 e. The third kappa shape index (κ3) is 4.08. The highest BCUT2D eigenvalue weighted by Gasteiger charge is 2.10. The summed E-state index contributed by atoms with van der Waals surface area (Å²) in [5.74, 6) is 0.939. The molecule has 0 amide bonds. The van der Waals surface area contributed by atoms with Crippen LogP contribution in [-0.2, 0) is 16.0 Å². The minimum absolute atomic E-state index is 0.167. The van der Waals surface area contributed by atoms with Crippen molar-refractivity contribution in [1.82, 2.24) is 0 Å². The zero-order valence-electron chi connectivity index (χ0n) is 11.7. The number of carbonyl (C=O) groups is 1. The van der Waals surface area contributed by atoms with E-state index in [4.69, 9.17) is 14.7 Å². The minimum Gasteiger partial charge on any atom is -0.466 e. The van der Waals surface area contributed by atoms with Gasteiger partial charge in [-0.15, -0.1) is 0 Å². The lowest BCUT2D eigenvalue weighted by molar-refractivity contribution is -0.142. The molecule has 0 spiro atoms. The molecule has 0 aliphatic heterocycles. The van der Waals surface area contributed by atoms with Crippen LogP contribution in [0.4, 0.5) is 0 Å². The van der Waals surface area contributed by atoms with Crippen molar-refractivity contribution < 1.29 is 14.3 Å². The van der Waals surface area contributed by atoms with Crippen molar-refractivity contribution >= 4 is 5.97 Å². The first-order valence-electron chi connectivity index (χ1n) is 6.64. The van der Waals surface area contributed by atoms with Crippen molar-refractivity contribution in [3.05, 3.63) is 59.7 Å². The number of nitrogens with zero attached hydrogens (tertiary/aromatic N) is 1. The molecule has 0 bridgehead atoms. The first-order chi connectivity index (χ1) is 10.2. The number of hydrogen-bond acceptors (Lipinski definition) is 4. The van der Waals surface area contributed by atoms with Crippen LogP contribution in [0.1, 0.15) is 18.1 Å². The molecule has 106 valence electrons. The van der Waals surface area contributed by atoms with Gasteiger partial charge in [0.1, 0.15) is 11.5 Å². The predicted molar refractivity (Wildman–Crippen MR) is 78.0 cm³/mol. The Morgan fingerprint density at radius 2 is 1.86 bits per heavy atom. The highest BCUT2D eigenvalue weighted by atomic mass is 16.5. The Kier molecular flexibility index (Phi) is 4.94. The van der Waals surface area contributed by atoms with E-state index in [0.29, 0.717) is 23.7 Å². The predicted octanol–water partition coefficient (Wildman–Crippen LogP) is 3.46. The molecule has 0 aliphatic carbocycles.